The van der Waals surface area contributed by atoms with Gasteiger partial charge in [0.1, 0.15) is 5.15 Å². The number of hydrogen-bond donors (Lipinski definition) is 0. The summed E-state index contributed by atoms with van der Waals surface area (Å²) in [6.07, 6.45) is 1.03. The molecule has 0 saturated heterocycles. The second kappa shape index (κ2) is 10.9. The Labute approximate surface area is 153 Å². The fraction of sp³-hybridized carbons (Fsp3) is 0.714. The van der Waals surface area contributed by atoms with Gasteiger partial charge in [-0.05, 0) is 45.1 Å². The zero-order valence-electron chi connectivity index (χ0n) is 14.1. The molecule has 1 rings (SSSR count). The molecular formula is C14H25ClN3O2PS2. The lowest BCUT2D eigenvalue weighted by Crippen LogP contribution is -2.24. The van der Waals surface area contributed by atoms with E-state index in [0.717, 1.165) is 31.0 Å². The normalized spacial score (nSPS) is 13.8. The molecular weight excluding hydrogens is 373 g/mol. The number of anilines is 1. The van der Waals surface area contributed by atoms with Gasteiger partial charge in [-0.15, -0.1) is 0 Å². The molecule has 0 N–H and O–H groups in total. The summed E-state index contributed by atoms with van der Waals surface area (Å²) in [6.45, 7) is 10.6. The standard InChI is InChI=1S/C14H25ClN3O2PS2/c1-5-9-23-21(22,19-8-4)20-11-12-10-13(15)17-14(16-12)18(6-2)7-3/h10H,5-9,11H2,1-4H3/t21-/m0/s1. The van der Waals surface area contributed by atoms with E-state index >= 15 is 0 Å². The van der Waals surface area contributed by atoms with Gasteiger partial charge in [-0.25, -0.2) is 9.97 Å². The molecule has 1 aromatic rings. The summed E-state index contributed by atoms with van der Waals surface area (Å²) in [4.78, 5) is 10.9. The first-order chi connectivity index (χ1) is 11.0. The lowest BCUT2D eigenvalue weighted by molar-refractivity contribution is 0.259. The Morgan fingerprint density at radius 2 is 1.91 bits per heavy atom. The van der Waals surface area contributed by atoms with Crippen molar-refractivity contribution in [1.29, 1.82) is 0 Å². The molecule has 1 heterocycles. The molecule has 0 amide bonds. The van der Waals surface area contributed by atoms with E-state index in [1.165, 1.54) is 0 Å². The van der Waals surface area contributed by atoms with Gasteiger partial charge >= 0.3 is 0 Å². The molecule has 1 aromatic heterocycles. The van der Waals surface area contributed by atoms with Crippen LogP contribution in [0, 0.1) is 0 Å². The molecule has 0 bridgehead atoms. The molecule has 0 unspecified atom stereocenters. The van der Waals surface area contributed by atoms with E-state index in [0.29, 0.717) is 17.7 Å². The van der Waals surface area contributed by atoms with Crippen LogP contribution in [0.2, 0.25) is 5.15 Å². The lowest BCUT2D eigenvalue weighted by atomic mass is 10.4. The van der Waals surface area contributed by atoms with Crippen molar-refractivity contribution in [2.24, 2.45) is 0 Å². The Balaban J connectivity index is 2.84. The van der Waals surface area contributed by atoms with Crippen molar-refractivity contribution >= 4 is 46.4 Å². The SMILES string of the molecule is CCCS[P@@](=S)(OCC)OCc1cc(Cl)nc(N(CC)CC)n1. The van der Waals surface area contributed by atoms with Gasteiger partial charge in [0.25, 0.3) is 0 Å². The monoisotopic (exact) mass is 397 g/mol. The predicted octanol–water partition coefficient (Wildman–Crippen LogP) is 4.90. The Kier molecular flexibility index (Phi) is 9.97. The van der Waals surface area contributed by atoms with Gasteiger partial charge in [0.05, 0.1) is 18.9 Å². The van der Waals surface area contributed by atoms with Crippen molar-refractivity contribution in [1.82, 2.24) is 9.97 Å². The molecule has 0 aliphatic rings. The van der Waals surface area contributed by atoms with E-state index in [-0.39, 0.29) is 6.61 Å². The van der Waals surface area contributed by atoms with Gasteiger partial charge < -0.3 is 13.9 Å². The van der Waals surface area contributed by atoms with Crippen LogP contribution in [-0.2, 0) is 27.5 Å². The highest BCUT2D eigenvalue weighted by atomic mass is 35.5. The molecule has 5 nitrogen and oxygen atoms in total. The minimum atomic E-state index is -2.34. The number of nitrogens with zero attached hydrogens (tertiary/aromatic N) is 3. The van der Waals surface area contributed by atoms with Gasteiger partial charge in [-0.1, -0.05) is 29.9 Å². The van der Waals surface area contributed by atoms with Crippen molar-refractivity contribution in [3.8, 4) is 0 Å². The summed E-state index contributed by atoms with van der Waals surface area (Å²) in [5.41, 5.74) is -1.62. The first-order valence-corrected chi connectivity index (χ1v) is 12.4. The Bertz CT molecular complexity index is 533. The summed E-state index contributed by atoms with van der Waals surface area (Å²) in [7, 11) is 0. The van der Waals surface area contributed by atoms with Crippen LogP contribution in [0.3, 0.4) is 0 Å². The van der Waals surface area contributed by atoms with E-state index in [2.05, 4.69) is 30.7 Å². The molecule has 0 spiro atoms. The maximum atomic E-state index is 6.12. The van der Waals surface area contributed by atoms with Crippen molar-refractivity contribution in [3.63, 3.8) is 0 Å². The number of rotatable bonds is 11. The molecule has 0 aliphatic heterocycles. The van der Waals surface area contributed by atoms with Crippen LogP contribution in [0.15, 0.2) is 6.07 Å². The third kappa shape index (κ3) is 7.24. The maximum Gasteiger partial charge on any atom is 0.247 e. The summed E-state index contributed by atoms with van der Waals surface area (Å²) in [6, 6.07) is 1.71. The smallest absolute Gasteiger partial charge is 0.247 e. The third-order valence-electron chi connectivity index (χ3n) is 2.89. The first-order valence-electron chi connectivity index (χ1n) is 7.80. The van der Waals surface area contributed by atoms with Crippen LogP contribution >= 0.6 is 28.7 Å². The number of aromatic nitrogens is 2. The van der Waals surface area contributed by atoms with Crippen LogP contribution < -0.4 is 4.90 Å². The van der Waals surface area contributed by atoms with Crippen LogP contribution in [0.1, 0.15) is 39.8 Å². The van der Waals surface area contributed by atoms with E-state index < -0.39 is 5.69 Å². The molecule has 0 aliphatic carbocycles. The highest BCUT2D eigenvalue weighted by Gasteiger charge is 2.20. The molecule has 0 fully saturated rings. The van der Waals surface area contributed by atoms with E-state index in [1.807, 2.05) is 11.8 Å². The van der Waals surface area contributed by atoms with Crippen LogP contribution in [0.5, 0.6) is 0 Å². The minimum Gasteiger partial charge on any atom is -0.341 e. The first kappa shape index (κ1) is 21.1. The van der Waals surface area contributed by atoms with Crippen molar-refractivity contribution in [2.75, 3.05) is 30.3 Å². The summed E-state index contributed by atoms with van der Waals surface area (Å²) in [5, 5.41) is 0.409. The van der Waals surface area contributed by atoms with Gasteiger partial charge in [0.15, 0.2) is 0 Å². The number of halogens is 1. The fourth-order valence-corrected chi connectivity index (χ4v) is 6.51. The maximum absolute atomic E-state index is 6.12. The average Bonchev–Trinajstić information content (AvgIpc) is 2.52. The zero-order valence-corrected chi connectivity index (χ0v) is 17.4. The van der Waals surface area contributed by atoms with E-state index in [9.17, 15) is 0 Å². The topological polar surface area (TPSA) is 47.5 Å². The zero-order chi connectivity index (χ0) is 17.3. The molecule has 9 heteroatoms. The van der Waals surface area contributed by atoms with E-state index in [1.54, 1.807) is 17.4 Å². The number of hydrogen-bond acceptors (Lipinski definition) is 7. The van der Waals surface area contributed by atoms with Crippen molar-refractivity contribution in [2.45, 2.75) is 40.7 Å². The summed E-state index contributed by atoms with van der Waals surface area (Å²) in [5.74, 6) is 1.54. The predicted molar refractivity (Wildman–Crippen MR) is 104 cm³/mol. The molecule has 0 aromatic carbocycles. The Morgan fingerprint density at radius 1 is 1.22 bits per heavy atom. The van der Waals surface area contributed by atoms with Crippen molar-refractivity contribution in [3.05, 3.63) is 16.9 Å². The Morgan fingerprint density at radius 3 is 2.48 bits per heavy atom. The highest BCUT2D eigenvalue weighted by molar-refractivity contribution is 8.67. The van der Waals surface area contributed by atoms with Crippen LogP contribution in [-0.4, -0.2) is 35.4 Å². The highest BCUT2D eigenvalue weighted by Crippen LogP contribution is 2.61. The molecule has 0 radical (unpaired) electrons. The van der Waals surface area contributed by atoms with Gasteiger partial charge in [-0.2, -0.15) is 0 Å². The summed E-state index contributed by atoms with van der Waals surface area (Å²) >= 11 is 13.3. The van der Waals surface area contributed by atoms with Gasteiger partial charge in [0.2, 0.25) is 11.6 Å². The molecule has 23 heavy (non-hydrogen) atoms. The average molecular weight is 398 g/mol. The second-order valence-electron chi connectivity index (χ2n) is 4.63. The van der Waals surface area contributed by atoms with Crippen LogP contribution in [0.4, 0.5) is 5.95 Å². The quantitative estimate of drug-likeness (QED) is 0.389. The molecule has 132 valence electrons. The largest absolute Gasteiger partial charge is 0.341 e. The second-order valence-corrected chi connectivity index (χ2v) is 11.4. The lowest BCUT2D eigenvalue weighted by Gasteiger charge is -2.22. The van der Waals surface area contributed by atoms with Crippen molar-refractivity contribution < 1.29 is 9.05 Å². The van der Waals surface area contributed by atoms with E-state index in [4.69, 9.17) is 32.5 Å². The minimum absolute atomic E-state index is 0.282. The fourth-order valence-electron chi connectivity index (χ4n) is 1.79. The van der Waals surface area contributed by atoms with Gasteiger partial charge in [-0.3, -0.25) is 0 Å². The Hall–Kier alpha value is 0.0900. The van der Waals surface area contributed by atoms with Crippen LogP contribution in [0.25, 0.3) is 0 Å². The third-order valence-corrected chi connectivity index (χ3v) is 8.72. The molecule has 1 atom stereocenters. The van der Waals surface area contributed by atoms with Gasteiger partial charge in [0, 0.05) is 18.8 Å². The molecule has 0 saturated carbocycles. The summed E-state index contributed by atoms with van der Waals surface area (Å²) < 4.78 is 11.6.